The summed E-state index contributed by atoms with van der Waals surface area (Å²) in [5.74, 6) is 0. The first-order valence-electron chi connectivity index (χ1n) is 9.15. The lowest BCUT2D eigenvalue weighted by Gasteiger charge is -2.02. The number of unbranched alkanes of at least 4 members (excludes halogenated alkanes) is 6. The van der Waals surface area contributed by atoms with Crippen molar-refractivity contribution in [2.75, 3.05) is 0 Å². The molecule has 128 valence electrons. The van der Waals surface area contributed by atoms with E-state index in [4.69, 9.17) is 0 Å². The lowest BCUT2D eigenvalue weighted by atomic mass is 10.1. The maximum Gasteiger partial charge on any atom is 0.0945 e. The normalized spacial score (nSPS) is 10.4. The Bertz CT molecular complexity index is 596. The van der Waals surface area contributed by atoms with E-state index in [1.807, 2.05) is 49.2 Å². The minimum Gasteiger partial charge on any atom is -0.337 e. The lowest BCUT2D eigenvalue weighted by Crippen LogP contribution is -1.93. The molecule has 0 aliphatic rings. The van der Waals surface area contributed by atoms with E-state index in [9.17, 15) is 0 Å². The third kappa shape index (κ3) is 6.95. The van der Waals surface area contributed by atoms with Crippen molar-refractivity contribution in [3.05, 3.63) is 61.3 Å². The van der Waals surface area contributed by atoms with E-state index in [0.29, 0.717) is 0 Å². The zero-order valence-corrected chi connectivity index (χ0v) is 14.8. The molecule has 0 amide bonds. The second-order valence-corrected chi connectivity index (χ2v) is 6.12. The average molecular weight is 323 g/mol. The van der Waals surface area contributed by atoms with Crippen LogP contribution in [-0.2, 0) is 6.54 Å². The predicted octanol–water partition coefficient (Wildman–Crippen LogP) is 5.87. The Morgan fingerprint density at radius 1 is 0.833 bits per heavy atom. The van der Waals surface area contributed by atoms with Crippen LogP contribution in [-0.4, -0.2) is 14.5 Å². The van der Waals surface area contributed by atoms with Gasteiger partial charge in [0.25, 0.3) is 0 Å². The largest absolute Gasteiger partial charge is 0.337 e. The van der Waals surface area contributed by atoms with Gasteiger partial charge in [-0.05, 0) is 18.6 Å². The van der Waals surface area contributed by atoms with Gasteiger partial charge < -0.3 is 4.57 Å². The number of nitrogens with zero attached hydrogens (tertiary/aromatic N) is 3. The zero-order valence-electron chi connectivity index (χ0n) is 14.8. The Morgan fingerprint density at radius 2 is 1.58 bits per heavy atom. The van der Waals surface area contributed by atoms with Gasteiger partial charge in [0, 0.05) is 30.5 Å². The first-order chi connectivity index (χ1) is 11.9. The highest BCUT2D eigenvalue weighted by Crippen LogP contribution is 2.08. The Morgan fingerprint density at radius 3 is 2.33 bits per heavy atom. The van der Waals surface area contributed by atoms with Crippen LogP contribution in [0.5, 0.6) is 0 Å². The highest BCUT2D eigenvalue weighted by atomic mass is 15.0. The molecule has 2 aromatic heterocycles. The van der Waals surface area contributed by atoms with Crippen LogP contribution in [0.15, 0.2) is 61.3 Å². The van der Waals surface area contributed by atoms with Crippen LogP contribution in [0.4, 0.5) is 0 Å². The van der Waals surface area contributed by atoms with E-state index in [1.165, 1.54) is 50.3 Å². The summed E-state index contributed by atoms with van der Waals surface area (Å²) in [4.78, 5) is 8.21. The van der Waals surface area contributed by atoms with Crippen molar-refractivity contribution in [3.63, 3.8) is 0 Å². The third-order valence-corrected chi connectivity index (χ3v) is 4.09. The van der Waals surface area contributed by atoms with Gasteiger partial charge in [0.2, 0.25) is 0 Å². The summed E-state index contributed by atoms with van der Waals surface area (Å²) in [6, 6.07) is 12.1. The van der Waals surface area contributed by atoms with Gasteiger partial charge in [-0.3, -0.25) is 4.98 Å². The fraction of sp³-hybridized carbons (Fsp3) is 0.429. The van der Waals surface area contributed by atoms with Crippen molar-refractivity contribution in [1.82, 2.24) is 14.5 Å². The molecule has 0 fully saturated rings. The van der Waals surface area contributed by atoms with Crippen molar-refractivity contribution in [1.29, 1.82) is 0 Å². The molecule has 0 bridgehead atoms. The summed E-state index contributed by atoms with van der Waals surface area (Å²) in [7, 11) is 0. The molecule has 0 N–H and O–H groups in total. The SMILES string of the molecule is CCCCCCCCCn1ccnc1.c1ccc2ncccc2c1. The highest BCUT2D eigenvalue weighted by Gasteiger charge is 1.92. The molecule has 24 heavy (non-hydrogen) atoms. The van der Waals surface area contributed by atoms with Gasteiger partial charge in [-0.2, -0.15) is 0 Å². The molecule has 0 saturated heterocycles. The minimum absolute atomic E-state index is 1.06. The topological polar surface area (TPSA) is 30.7 Å². The Labute approximate surface area is 145 Å². The van der Waals surface area contributed by atoms with Crippen LogP contribution in [0.2, 0.25) is 0 Å². The van der Waals surface area contributed by atoms with Crippen molar-refractivity contribution in [3.8, 4) is 0 Å². The number of rotatable bonds is 8. The molecule has 3 heteroatoms. The average Bonchev–Trinajstić information content (AvgIpc) is 3.15. The van der Waals surface area contributed by atoms with Crippen LogP contribution in [0, 0.1) is 0 Å². The second-order valence-electron chi connectivity index (χ2n) is 6.12. The molecule has 2 heterocycles. The smallest absolute Gasteiger partial charge is 0.0945 e. The van der Waals surface area contributed by atoms with Crippen LogP contribution < -0.4 is 0 Å². The summed E-state index contributed by atoms with van der Waals surface area (Å²) in [5.41, 5.74) is 1.06. The number of fused-ring (bicyclic) bond motifs is 1. The van der Waals surface area contributed by atoms with Crippen molar-refractivity contribution >= 4 is 10.9 Å². The Hall–Kier alpha value is -2.16. The van der Waals surface area contributed by atoms with Gasteiger partial charge in [-0.15, -0.1) is 0 Å². The van der Waals surface area contributed by atoms with E-state index in [1.54, 1.807) is 0 Å². The monoisotopic (exact) mass is 323 g/mol. The molecule has 3 aromatic rings. The van der Waals surface area contributed by atoms with Crippen LogP contribution in [0.1, 0.15) is 51.9 Å². The van der Waals surface area contributed by atoms with E-state index >= 15 is 0 Å². The molecule has 0 unspecified atom stereocenters. The number of para-hydroxylation sites is 1. The number of aromatic nitrogens is 3. The zero-order chi connectivity index (χ0) is 16.9. The molecule has 3 rings (SSSR count). The number of hydrogen-bond donors (Lipinski definition) is 0. The number of aryl methyl sites for hydroxylation is 1. The van der Waals surface area contributed by atoms with E-state index in [-0.39, 0.29) is 0 Å². The summed E-state index contributed by atoms with van der Waals surface area (Å²) < 4.78 is 2.16. The number of imidazole rings is 1. The lowest BCUT2D eigenvalue weighted by molar-refractivity contribution is 0.550. The summed E-state index contributed by atoms with van der Waals surface area (Å²) >= 11 is 0. The van der Waals surface area contributed by atoms with Crippen molar-refractivity contribution in [2.24, 2.45) is 0 Å². The first kappa shape index (κ1) is 18.2. The molecular formula is C21H29N3. The van der Waals surface area contributed by atoms with Gasteiger partial charge in [0.1, 0.15) is 0 Å². The van der Waals surface area contributed by atoms with E-state index in [2.05, 4.69) is 33.6 Å². The number of benzene rings is 1. The molecular weight excluding hydrogens is 294 g/mol. The van der Waals surface area contributed by atoms with Gasteiger partial charge in [0.05, 0.1) is 11.8 Å². The quantitative estimate of drug-likeness (QED) is 0.485. The van der Waals surface area contributed by atoms with Crippen molar-refractivity contribution in [2.45, 2.75) is 58.4 Å². The summed E-state index contributed by atoms with van der Waals surface area (Å²) in [6.07, 6.45) is 17.2. The standard InChI is InChI=1S/C12H22N2.C9H7N/c1-2-3-4-5-6-7-8-10-14-11-9-13-12-14;1-2-6-9-8(4-1)5-3-7-10-9/h9,11-12H,2-8,10H2,1H3;1-7H. The van der Waals surface area contributed by atoms with Crippen LogP contribution >= 0.6 is 0 Å². The molecule has 0 spiro atoms. The number of pyridine rings is 1. The van der Waals surface area contributed by atoms with E-state index < -0.39 is 0 Å². The maximum absolute atomic E-state index is 4.18. The molecule has 0 saturated carbocycles. The molecule has 3 nitrogen and oxygen atoms in total. The molecule has 0 atom stereocenters. The van der Waals surface area contributed by atoms with Crippen molar-refractivity contribution < 1.29 is 0 Å². The fourth-order valence-corrected chi connectivity index (χ4v) is 2.69. The van der Waals surface area contributed by atoms with Crippen LogP contribution in [0.3, 0.4) is 0 Å². The maximum atomic E-state index is 4.18. The minimum atomic E-state index is 1.06. The Balaban J connectivity index is 0.000000182. The Kier molecular flexibility index (Phi) is 8.63. The van der Waals surface area contributed by atoms with Gasteiger partial charge in [0.15, 0.2) is 0 Å². The van der Waals surface area contributed by atoms with E-state index in [0.717, 1.165) is 12.1 Å². The van der Waals surface area contributed by atoms with Gasteiger partial charge in [-0.25, -0.2) is 4.98 Å². The number of hydrogen-bond acceptors (Lipinski definition) is 2. The summed E-state index contributed by atoms with van der Waals surface area (Å²) in [6.45, 7) is 3.40. The predicted molar refractivity (Wildman–Crippen MR) is 102 cm³/mol. The molecule has 1 aromatic carbocycles. The molecule has 0 aliphatic carbocycles. The van der Waals surface area contributed by atoms with Gasteiger partial charge >= 0.3 is 0 Å². The first-order valence-corrected chi connectivity index (χ1v) is 9.15. The van der Waals surface area contributed by atoms with Crippen LogP contribution in [0.25, 0.3) is 10.9 Å². The summed E-state index contributed by atoms with van der Waals surface area (Å²) in [5, 5.41) is 1.20. The third-order valence-electron chi connectivity index (χ3n) is 4.09. The second kappa shape index (κ2) is 11.4. The molecule has 0 aliphatic heterocycles. The molecule has 0 radical (unpaired) electrons. The fourth-order valence-electron chi connectivity index (χ4n) is 2.69. The highest BCUT2D eigenvalue weighted by molar-refractivity contribution is 5.77. The van der Waals surface area contributed by atoms with Gasteiger partial charge in [-0.1, -0.05) is 69.7 Å².